The average molecular weight is 479 g/mol. The Labute approximate surface area is 193 Å². The summed E-state index contributed by atoms with van der Waals surface area (Å²) < 4.78 is 20.0. The fourth-order valence-electron chi connectivity index (χ4n) is 4.12. The second-order valence-electron chi connectivity index (χ2n) is 8.37. The number of carbonyl (C=O) groups excluding carboxylic acids is 1. The summed E-state index contributed by atoms with van der Waals surface area (Å²) in [5.74, 6) is 1.67. The number of aromatic nitrogens is 1. The number of carbonyl (C=O) groups is 1. The molecule has 168 valence electrons. The summed E-state index contributed by atoms with van der Waals surface area (Å²) in [6, 6.07) is 6.25. The van der Waals surface area contributed by atoms with Gasteiger partial charge in [-0.25, -0.2) is 0 Å². The van der Waals surface area contributed by atoms with Crippen LogP contribution in [0.2, 0.25) is 0 Å². The third-order valence-electron chi connectivity index (χ3n) is 6.19. The Morgan fingerprint density at radius 1 is 1.29 bits per heavy atom. The second kappa shape index (κ2) is 9.19. The maximum Gasteiger partial charge on any atom is 0.250 e. The third kappa shape index (κ3) is 4.98. The first-order chi connectivity index (χ1) is 14.8. The monoisotopic (exact) mass is 478 g/mol. The Morgan fingerprint density at radius 2 is 2.03 bits per heavy atom. The van der Waals surface area contributed by atoms with Gasteiger partial charge in [0.15, 0.2) is 0 Å². The molecule has 0 aliphatic carbocycles. The number of rotatable bonds is 7. The van der Waals surface area contributed by atoms with Crippen LogP contribution in [0.15, 0.2) is 29.8 Å². The van der Waals surface area contributed by atoms with Crippen molar-refractivity contribution in [3.05, 3.63) is 45.8 Å². The van der Waals surface area contributed by atoms with Crippen LogP contribution in [0.4, 0.5) is 0 Å². The number of primary amides is 1. The molecule has 0 radical (unpaired) electrons. The van der Waals surface area contributed by atoms with Gasteiger partial charge in [0.05, 0.1) is 11.1 Å². The van der Waals surface area contributed by atoms with Crippen molar-refractivity contribution in [2.24, 2.45) is 5.73 Å². The largest absolute Gasteiger partial charge is 0.366 e. The molecule has 1 aliphatic heterocycles. The standard InChI is InChI=1S/C23H30N2O3S3/c1-3-14(2)29-13-18-8-17(12-30-18)16-9-19-21(15-4-6-31(27,28)7-5-15)11-25-22(19)20(10-16)23(24)26/h8-12,14-15,25,27-28H,3-7,13H2,1-2H3,(H2,24,26). The number of hydrogen-bond donors (Lipinski definition) is 4. The highest BCUT2D eigenvalue weighted by atomic mass is 32.3. The minimum Gasteiger partial charge on any atom is -0.366 e. The number of H-pyrrole nitrogens is 1. The molecule has 1 unspecified atom stereocenters. The van der Waals surface area contributed by atoms with E-state index in [4.69, 9.17) is 5.73 Å². The van der Waals surface area contributed by atoms with E-state index >= 15 is 0 Å². The fraction of sp³-hybridized carbons (Fsp3) is 0.435. The zero-order valence-electron chi connectivity index (χ0n) is 17.9. The average Bonchev–Trinajstić information content (AvgIpc) is 3.38. The lowest BCUT2D eigenvalue weighted by molar-refractivity contribution is 0.100. The van der Waals surface area contributed by atoms with E-state index in [2.05, 4.69) is 36.3 Å². The lowest BCUT2D eigenvalue weighted by atomic mass is 9.91. The number of nitrogens with two attached hydrogens (primary N) is 1. The van der Waals surface area contributed by atoms with E-state index in [1.807, 2.05) is 24.0 Å². The molecular formula is C23H30N2O3S3. The van der Waals surface area contributed by atoms with Gasteiger partial charge in [0, 0.05) is 39.0 Å². The van der Waals surface area contributed by atoms with E-state index in [0.717, 1.165) is 52.6 Å². The summed E-state index contributed by atoms with van der Waals surface area (Å²) in [7, 11) is -2.43. The van der Waals surface area contributed by atoms with Crippen molar-refractivity contribution in [3.63, 3.8) is 0 Å². The molecule has 1 aromatic carbocycles. The van der Waals surface area contributed by atoms with Crippen LogP contribution in [0.3, 0.4) is 0 Å². The molecule has 1 atom stereocenters. The van der Waals surface area contributed by atoms with E-state index in [-0.39, 0.29) is 5.92 Å². The first-order valence-corrected chi connectivity index (χ1v) is 14.5. The van der Waals surface area contributed by atoms with Gasteiger partial charge in [0.2, 0.25) is 0 Å². The van der Waals surface area contributed by atoms with Gasteiger partial charge in [0.1, 0.15) is 0 Å². The van der Waals surface area contributed by atoms with Crippen LogP contribution in [0.1, 0.15) is 59.8 Å². The van der Waals surface area contributed by atoms with Crippen LogP contribution in [-0.4, -0.2) is 36.8 Å². The van der Waals surface area contributed by atoms with Crippen LogP contribution < -0.4 is 5.73 Å². The third-order valence-corrected chi connectivity index (χ3v) is 10.5. The molecule has 0 spiro atoms. The van der Waals surface area contributed by atoms with Gasteiger partial charge in [-0.05, 0) is 65.4 Å². The number of fused-ring (bicyclic) bond motifs is 1. The molecule has 1 saturated heterocycles. The molecule has 2 aromatic heterocycles. The zero-order valence-corrected chi connectivity index (χ0v) is 20.3. The van der Waals surface area contributed by atoms with Crippen molar-refractivity contribution in [3.8, 4) is 11.1 Å². The van der Waals surface area contributed by atoms with Gasteiger partial charge in [-0.1, -0.05) is 13.8 Å². The van der Waals surface area contributed by atoms with Gasteiger partial charge in [-0.3, -0.25) is 13.9 Å². The number of hydrogen-bond acceptors (Lipinski definition) is 5. The van der Waals surface area contributed by atoms with Crippen molar-refractivity contribution in [1.29, 1.82) is 0 Å². The van der Waals surface area contributed by atoms with E-state index in [1.54, 1.807) is 11.3 Å². The highest BCUT2D eigenvalue weighted by molar-refractivity contribution is 8.24. The lowest BCUT2D eigenvalue weighted by Crippen LogP contribution is -2.19. The predicted octanol–water partition coefficient (Wildman–Crippen LogP) is 6.66. The molecule has 1 aliphatic rings. The highest BCUT2D eigenvalue weighted by Gasteiger charge is 2.27. The number of benzene rings is 1. The summed E-state index contributed by atoms with van der Waals surface area (Å²) in [6.45, 7) is 4.46. The zero-order chi connectivity index (χ0) is 22.2. The number of amides is 1. The minimum absolute atomic E-state index is 0.245. The van der Waals surface area contributed by atoms with Gasteiger partial charge in [0.25, 0.3) is 5.91 Å². The number of thioether (sulfide) groups is 1. The van der Waals surface area contributed by atoms with Gasteiger partial charge < -0.3 is 10.7 Å². The van der Waals surface area contributed by atoms with Gasteiger partial charge >= 0.3 is 0 Å². The molecule has 0 saturated carbocycles. The molecule has 4 rings (SSSR count). The molecule has 5 N–H and O–H groups in total. The van der Waals surface area contributed by atoms with Crippen LogP contribution in [-0.2, 0) is 5.75 Å². The summed E-state index contributed by atoms with van der Waals surface area (Å²) in [4.78, 5) is 16.8. The van der Waals surface area contributed by atoms with E-state index in [0.29, 0.717) is 22.3 Å². The first kappa shape index (κ1) is 22.7. The molecule has 31 heavy (non-hydrogen) atoms. The molecular weight excluding hydrogens is 448 g/mol. The Kier molecular flexibility index (Phi) is 6.74. The van der Waals surface area contributed by atoms with Crippen molar-refractivity contribution in [2.75, 3.05) is 11.5 Å². The Bertz CT molecular complexity index is 1080. The number of aromatic amines is 1. The lowest BCUT2D eigenvalue weighted by Gasteiger charge is -2.39. The van der Waals surface area contributed by atoms with E-state index in [9.17, 15) is 13.9 Å². The van der Waals surface area contributed by atoms with E-state index < -0.39 is 16.5 Å². The maximum atomic E-state index is 12.2. The molecule has 8 heteroatoms. The summed E-state index contributed by atoms with van der Waals surface area (Å²) in [5.41, 5.74) is 10.2. The van der Waals surface area contributed by atoms with Crippen LogP contribution in [0.5, 0.6) is 0 Å². The summed E-state index contributed by atoms with van der Waals surface area (Å²) in [5, 5.41) is 3.80. The Morgan fingerprint density at radius 3 is 2.71 bits per heavy atom. The fourth-order valence-corrected chi connectivity index (χ4v) is 7.57. The van der Waals surface area contributed by atoms with E-state index in [1.165, 1.54) is 4.88 Å². The van der Waals surface area contributed by atoms with Gasteiger partial charge in [-0.15, -0.1) is 11.3 Å². The topological polar surface area (TPSA) is 99.3 Å². The molecule has 5 nitrogen and oxygen atoms in total. The first-order valence-electron chi connectivity index (χ1n) is 10.6. The summed E-state index contributed by atoms with van der Waals surface area (Å²) in [6.07, 6.45) is 4.60. The van der Waals surface area contributed by atoms with Crippen molar-refractivity contribution >= 4 is 50.5 Å². The molecule has 0 bridgehead atoms. The second-order valence-corrected chi connectivity index (χ2v) is 13.2. The van der Waals surface area contributed by atoms with Gasteiger partial charge in [-0.2, -0.15) is 22.4 Å². The van der Waals surface area contributed by atoms with Crippen LogP contribution >= 0.6 is 33.7 Å². The van der Waals surface area contributed by atoms with Crippen molar-refractivity contribution in [1.82, 2.24) is 4.98 Å². The van der Waals surface area contributed by atoms with Crippen LogP contribution in [0, 0.1) is 0 Å². The van der Waals surface area contributed by atoms with Crippen LogP contribution in [0.25, 0.3) is 22.0 Å². The predicted molar refractivity (Wildman–Crippen MR) is 136 cm³/mol. The molecule has 1 fully saturated rings. The SMILES string of the molecule is CCC(C)SCc1cc(-c2cc(C(N)=O)c3[nH]cc(C4CCS(O)(O)CC4)c3c2)cs1. The normalized spacial score (nSPS) is 18.8. The Balaban J connectivity index is 1.69. The minimum atomic E-state index is -2.43. The molecule has 1 amide bonds. The van der Waals surface area contributed by atoms with Crippen molar-refractivity contribution < 1.29 is 13.9 Å². The molecule has 3 heterocycles. The Hall–Kier alpha value is -1.45. The highest BCUT2D eigenvalue weighted by Crippen LogP contribution is 2.49. The smallest absolute Gasteiger partial charge is 0.250 e. The molecule has 3 aromatic rings. The quantitative estimate of drug-likeness (QED) is 0.305. The maximum absolute atomic E-state index is 12.2. The van der Waals surface area contributed by atoms with Crippen molar-refractivity contribution in [2.45, 2.75) is 50.0 Å². The number of thiophene rings is 1. The number of nitrogens with one attached hydrogen (secondary N) is 1. The summed E-state index contributed by atoms with van der Waals surface area (Å²) >= 11 is 3.72.